The fourth-order valence-electron chi connectivity index (χ4n) is 2.82. The number of nitrogens with one attached hydrogen (secondary N) is 1. The molecule has 0 aliphatic rings. The maximum atomic E-state index is 11.9. The Bertz CT molecular complexity index is 1050. The molecule has 2 N–H and O–H groups in total. The highest BCUT2D eigenvalue weighted by atomic mass is 16.6. The van der Waals surface area contributed by atoms with E-state index in [2.05, 4.69) is 15.5 Å². The summed E-state index contributed by atoms with van der Waals surface area (Å²) in [6, 6.07) is 13.7. The predicted octanol–water partition coefficient (Wildman–Crippen LogP) is 4.23. The van der Waals surface area contributed by atoms with Crippen LogP contribution in [0, 0.1) is 6.92 Å². The van der Waals surface area contributed by atoms with Gasteiger partial charge in [-0.05, 0) is 57.5 Å². The van der Waals surface area contributed by atoms with Gasteiger partial charge in [0.1, 0.15) is 11.6 Å². The topological polar surface area (TPSA) is 115 Å². The van der Waals surface area contributed by atoms with Crippen LogP contribution in [0.15, 0.2) is 52.9 Å². The summed E-state index contributed by atoms with van der Waals surface area (Å²) in [6.45, 7) is 7.14. The van der Waals surface area contributed by atoms with Crippen LogP contribution in [0.5, 0.6) is 0 Å². The molecular formula is C23H25N3O5. The number of hydrogen-bond acceptors (Lipinski definition) is 6. The summed E-state index contributed by atoms with van der Waals surface area (Å²) in [5.74, 6) is -0.357. The minimum atomic E-state index is -1.14. The zero-order valence-corrected chi connectivity index (χ0v) is 17.9. The molecule has 0 radical (unpaired) electrons. The normalized spacial score (nSPS) is 12.3. The largest absolute Gasteiger partial charge is 0.480 e. The Labute approximate surface area is 180 Å². The fraction of sp³-hybridized carbons (Fsp3) is 0.304. The van der Waals surface area contributed by atoms with Gasteiger partial charge in [-0.25, -0.2) is 9.59 Å². The van der Waals surface area contributed by atoms with E-state index in [4.69, 9.17) is 9.15 Å². The molecule has 8 nitrogen and oxygen atoms in total. The molecule has 0 bridgehead atoms. The highest BCUT2D eigenvalue weighted by molar-refractivity contribution is 5.80. The van der Waals surface area contributed by atoms with E-state index < -0.39 is 23.7 Å². The third kappa shape index (κ3) is 6.15. The van der Waals surface area contributed by atoms with Crippen molar-refractivity contribution < 1.29 is 23.8 Å². The van der Waals surface area contributed by atoms with Crippen molar-refractivity contribution in [2.24, 2.45) is 0 Å². The fourth-order valence-corrected chi connectivity index (χ4v) is 2.82. The molecule has 0 fully saturated rings. The van der Waals surface area contributed by atoms with Crippen LogP contribution in [0.25, 0.3) is 22.9 Å². The van der Waals surface area contributed by atoms with Crippen molar-refractivity contribution >= 4 is 12.1 Å². The molecule has 162 valence electrons. The van der Waals surface area contributed by atoms with Crippen LogP contribution in [0.2, 0.25) is 0 Å². The van der Waals surface area contributed by atoms with Gasteiger partial charge in [0.05, 0.1) is 0 Å². The van der Waals surface area contributed by atoms with E-state index in [-0.39, 0.29) is 6.42 Å². The Balaban J connectivity index is 1.68. The van der Waals surface area contributed by atoms with Crippen molar-refractivity contribution in [3.8, 4) is 22.9 Å². The summed E-state index contributed by atoms with van der Waals surface area (Å²) in [4.78, 5) is 23.5. The van der Waals surface area contributed by atoms with Crippen LogP contribution < -0.4 is 5.32 Å². The van der Waals surface area contributed by atoms with E-state index in [1.165, 1.54) is 0 Å². The molecule has 1 atom stereocenters. The summed E-state index contributed by atoms with van der Waals surface area (Å²) in [7, 11) is 0. The molecule has 8 heteroatoms. The summed E-state index contributed by atoms with van der Waals surface area (Å²) >= 11 is 0. The van der Waals surface area contributed by atoms with Gasteiger partial charge in [0.2, 0.25) is 11.8 Å². The van der Waals surface area contributed by atoms with Gasteiger partial charge in [-0.15, -0.1) is 10.2 Å². The molecule has 0 aliphatic carbocycles. The molecule has 1 heterocycles. The molecule has 3 aromatic rings. The first-order valence-corrected chi connectivity index (χ1v) is 9.83. The lowest BCUT2D eigenvalue weighted by molar-refractivity contribution is -0.139. The minimum absolute atomic E-state index is 0.104. The Morgan fingerprint density at radius 1 is 1.00 bits per heavy atom. The van der Waals surface area contributed by atoms with Crippen LogP contribution in [0.1, 0.15) is 31.9 Å². The second kappa shape index (κ2) is 8.99. The summed E-state index contributed by atoms with van der Waals surface area (Å²) in [5.41, 5.74) is 2.70. The second-order valence-electron chi connectivity index (χ2n) is 8.22. The first-order valence-electron chi connectivity index (χ1n) is 9.83. The molecule has 1 aromatic heterocycles. The van der Waals surface area contributed by atoms with Crippen LogP contribution in [-0.4, -0.2) is 39.0 Å². The standard InChI is InChI=1S/C23H25N3O5/c1-14-5-9-16(10-6-14)19-25-26-20(30-19)17-11-7-15(8-12-17)13-18(21(27)28)24-22(29)31-23(2,3)4/h5-12,18H,13H2,1-4H3,(H,24,29)(H,27,28)/t18-/m0/s1. The second-order valence-corrected chi connectivity index (χ2v) is 8.22. The van der Waals surface area contributed by atoms with Gasteiger partial charge in [-0.3, -0.25) is 0 Å². The Morgan fingerprint density at radius 2 is 1.52 bits per heavy atom. The van der Waals surface area contributed by atoms with E-state index in [1.807, 2.05) is 31.2 Å². The number of carbonyl (C=O) groups is 2. The molecule has 31 heavy (non-hydrogen) atoms. The number of carboxylic acids is 1. The lowest BCUT2D eigenvalue weighted by Gasteiger charge is -2.22. The number of ether oxygens (including phenoxy) is 1. The molecule has 0 spiro atoms. The third-order valence-corrected chi connectivity index (χ3v) is 4.35. The van der Waals surface area contributed by atoms with Crippen LogP contribution >= 0.6 is 0 Å². The highest BCUT2D eigenvalue weighted by Crippen LogP contribution is 2.24. The molecule has 0 aliphatic heterocycles. The average molecular weight is 423 g/mol. The number of carbonyl (C=O) groups excluding carboxylic acids is 1. The van der Waals surface area contributed by atoms with E-state index in [0.29, 0.717) is 17.3 Å². The van der Waals surface area contributed by atoms with Crippen molar-refractivity contribution in [2.45, 2.75) is 45.8 Å². The highest BCUT2D eigenvalue weighted by Gasteiger charge is 2.24. The molecule has 2 aromatic carbocycles. The van der Waals surface area contributed by atoms with Gasteiger partial charge in [-0.2, -0.15) is 0 Å². The molecular weight excluding hydrogens is 398 g/mol. The van der Waals surface area contributed by atoms with Gasteiger partial charge in [0.15, 0.2) is 0 Å². The average Bonchev–Trinajstić information content (AvgIpc) is 3.17. The maximum Gasteiger partial charge on any atom is 0.408 e. The molecule has 0 saturated carbocycles. The summed E-state index contributed by atoms with van der Waals surface area (Å²) in [6.07, 6.45) is -0.668. The van der Waals surface area contributed by atoms with Crippen molar-refractivity contribution in [2.75, 3.05) is 0 Å². The zero-order chi connectivity index (χ0) is 22.6. The first-order chi connectivity index (χ1) is 14.6. The number of hydrogen-bond donors (Lipinski definition) is 2. The number of rotatable bonds is 6. The molecule has 3 rings (SSSR count). The van der Waals surface area contributed by atoms with Crippen molar-refractivity contribution in [1.29, 1.82) is 0 Å². The van der Waals surface area contributed by atoms with E-state index in [0.717, 1.165) is 16.7 Å². The van der Waals surface area contributed by atoms with Crippen molar-refractivity contribution in [1.82, 2.24) is 15.5 Å². The Hall–Kier alpha value is -3.68. The first kappa shape index (κ1) is 22.0. The predicted molar refractivity (Wildman–Crippen MR) is 114 cm³/mol. The minimum Gasteiger partial charge on any atom is -0.480 e. The smallest absolute Gasteiger partial charge is 0.408 e. The summed E-state index contributed by atoms with van der Waals surface area (Å²) in [5, 5.41) is 20.0. The Morgan fingerprint density at radius 3 is 2.00 bits per heavy atom. The Kier molecular flexibility index (Phi) is 6.39. The number of amides is 1. The van der Waals surface area contributed by atoms with Gasteiger partial charge in [0.25, 0.3) is 0 Å². The number of alkyl carbamates (subject to hydrolysis) is 1. The van der Waals surface area contributed by atoms with Gasteiger partial charge in [-0.1, -0.05) is 29.8 Å². The van der Waals surface area contributed by atoms with E-state index >= 15 is 0 Å². The lowest BCUT2D eigenvalue weighted by Crippen LogP contribution is -2.44. The SMILES string of the molecule is Cc1ccc(-c2nnc(-c3ccc(C[C@H](NC(=O)OC(C)(C)C)C(=O)O)cc3)o2)cc1. The van der Waals surface area contributed by atoms with E-state index in [9.17, 15) is 14.7 Å². The number of benzene rings is 2. The number of aryl methyl sites for hydroxylation is 1. The monoisotopic (exact) mass is 423 g/mol. The van der Waals surface area contributed by atoms with Gasteiger partial charge < -0.3 is 19.6 Å². The third-order valence-electron chi connectivity index (χ3n) is 4.35. The number of aliphatic carboxylic acids is 1. The number of carboxylic acid groups (broad SMARTS) is 1. The quantitative estimate of drug-likeness (QED) is 0.609. The molecule has 0 unspecified atom stereocenters. The van der Waals surface area contributed by atoms with Crippen LogP contribution in [0.4, 0.5) is 4.79 Å². The zero-order valence-electron chi connectivity index (χ0n) is 17.9. The van der Waals surface area contributed by atoms with Crippen LogP contribution in [-0.2, 0) is 16.0 Å². The number of aromatic nitrogens is 2. The van der Waals surface area contributed by atoms with Crippen LogP contribution in [0.3, 0.4) is 0 Å². The van der Waals surface area contributed by atoms with Gasteiger partial charge >= 0.3 is 12.1 Å². The number of nitrogens with zero attached hydrogens (tertiary/aromatic N) is 2. The van der Waals surface area contributed by atoms with Gasteiger partial charge in [0, 0.05) is 17.5 Å². The molecule has 1 amide bonds. The lowest BCUT2D eigenvalue weighted by atomic mass is 10.0. The molecule has 0 saturated heterocycles. The maximum absolute atomic E-state index is 11.9. The summed E-state index contributed by atoms with van der Waals surface area (Å²) < 4.78 is 10.9. The van der Waals surface area contributed by atoms with Crippen molar-refractivity contribution in [3.05, 3.63) is 59.7 Å². The van der Waals surface area contributed by atoms with Crippen molar-refractivity contribution in [3.63, 3.8) is 0 Å². The van der Waals surface area contributed by atoms with E-state index in [1.54, 1.807) is 45.0 Å².